The molecule has 7 nitrogen and oxygen atoms in total. The van der Waals surface area contributed by atoms with Gasteiger partial charge in [0.1, 0.15) is 11.5 Å². The molecule has 0 spiro atoms. The summed E-state index contributed by atoms with van der Waals surface area (Å²) < 4.78 is 10.1. The number of nitrogens with zero attached hydrogens (tertiary/aromatic N) is 1. The zero-order valence-corrected chi connectivity index (χ0v) is 17.3. The number of hydrogen-bond acceptors (Lipinski definition) is 6. The van der Waals surface area contributed by atoms with Crippen molar-refractivity contribution in [3.8, 4) is 5.75 Å². The average molecular weight is 413 g/mol. The van der Waals surface area contributed by atoms with Crippen LogP contribution in [0.4, 0.5) is 5.82 Å². The van der Waals surface area contributed by atoms with Gasteiger partial charge in [-0.25, -0.2) is 0 Å². The Bertz CT molecular complexity index is 1020. The summed E-state index contributed by atoms with van der Waals surface area (Å²) in [4.78, 5) is 24.3. The Balaban J connectivity index is 1.45. The highest BCUT2D eigenvalue weighted by molar-refractivity contribution is 8.01. The number of anilines is 1. The second kappa shape index (κ2) is 9.47. The van der Waals surface area contributed by atoms with Gasteiger partial charge in [0, 0.05) is 12.6 Å². The van der Waals surface area contributed by atoms with Crippen LogP contribution in [0.3, 0.4) is 0 Å². The Hall–Kier alpha value is -3.00. The smallest absolute Gasteiger partial charge is 0.238 e. The summed E-state index contributed by atoms with van der Waals surface area (Å²) >= 11 is 1.26. The SMILES string of the molecule is COc1ccc2cc(CNC(=O)CSC(C)C(=O)Nc3cc(C)on3)ccc2c1. The maximum atomic E-state index is 12.1. The molecule has 152 valence electrons. The van der Waals surface area contributed by atoms with Crippen LogP contribution in [-0.2, 0) is 16.1 Å². The molecule has 8 heteroatoms. The second-order valence-electron chi connectivity index (χ2n) is 6.59. The van der Waals surface area contributed by atoms with E-state index < -0.39 is 5.25 Å². The fraction of sp³-hybridized carbons (Fsp3) is 0.286. The van der Waals surface area contributed by atoms with Gasteiger partial charge in [-0.2, -0.15) is 0 Å². The van der Waals surface area contributed by atoms with Gasteiger partial charge in [-0.05, 0) is 48.4 Å². The highest BCUT2D eigenvalue weighted by Crippen LogP contribution is 2.22. The minimum atomic E-state index is -0.395. The van der Waals surface area contributed by atoms with Crippen molar-refractivity contribution in [2.45, 2.75) is 25.6 Å². The molecular formula is C21H23N3O4S. The topological polar surface area (TPSA) is 93.5 Å². The van der Waals surface area contributed by atoms with Crippen LogP contribution in [0.2, 0.25) is 0 Å². The van der Waals surface area contributed by atoms with E-state index in [4.69, 9.17) is 9.26 Å². The lowest BCUT2D eigenvalue weighted by Crippen LogP contribution is -2.28. The number of carbonyl (C=O) groups excluding carboxylic acids is 2. The quantitative estimate of drug-likeness (QED) is 0.587. The van der Waals surface area contributed by atoms with Crippen molar-refractivity contribution in [2.24, 2.45) is 0 Å². The van der Waals surface area contributed by atoms with Gasteiger partial charge in [0.15, 0.2) is 5.82 Å². The highest BCUT2D eigenvalue weighted by atomic mass is 32.2. The van der Waals surface area contributed by atoms with E-state index in [1.165, 1.54) is 11.8 Å². The standard InChI is InChI=1S/C21H23N3O4S/c1-13-8-19(24-28-13)23-21(26)14(2)29-12-20(25)22-11-15-4-5-17-10-18(27-3)7-6-16(17)9-15/h4-10,14H,11-12H2,1-3H3,(H,22,25)(H,23,24,26). The molecule has 0 fully saturated rings. The molecule has 0 radical (unpaired) electrons. The molecule has 1 heterocycles. The van der Waals surface area contributed by atoms with Gasteiger partial charge < -0.3 is 19.9 Å². The molecule has 2 aromatic carbocycles. The Kier molecular flexibility index (Phi) is 6.77. The van der Waals surface area contributed by atoms with Crippen LogP contribution in [0.5, 0.6) is 5.75 Å². The van der Waals surface area contributed by atoms with Crippen molar-refractivity contribution in [2.75, 3.05) is 18.2 Å². The highest BCUT2D eigenvalue weighted by Gasteiger charge is 2.16. The summed E-state index contributed by atoms with van der Waals surface area (Å²) in [6.07, 6.45) is 0. The van der Waals surface area contributed by atoms with Crippen molar-refractivity contribution in [1.29, 1.82) is 0 Å². The Morgan fingerprint density at radius 3 is 2.66 bits per heavy atom. The average Bonchev–Trinajstić information content (AvgIpc) is 3.14. The monoisotopic (exact) mass is 413 g/mol. The lowest BCUT2D eigenvalue weighted by Gasteiger charge is -2.11. The number of nitrogens with one attached hydrogen (secondary N) is 2. The number of amides is 2. The fourth-order valence-corrected chi connectivity index (χ4v) is 3.41. The van der Waals surface area contributed by atoms with Crippen LogP contribution >= 0.6 is 11.8 Å². The first kappa shape index (κ1) is 20.7. The molecule has 1 atom stereocenters. The van der Waals surface area contributed by atoms with Gasteiger partial charge in [-0.1, -0.05) is 23.4 Å². The maximum Gasteiger partial charge on any atom is 0.238 e. The predicted molar refractivity (Wildman–Crippen MR) is 114 cm³/mol. The van der Waals surface area contributed by atoms with E-state index in [0.717, 1.165) is 22.1 Å². The molecule has 29 heavy (non-hydrogen) atoms. The van der Waals surface area contributed by atoms with Crippen molar-refractivity contribution in [3.63, 3.8) is 0 Å². The van der Waals surface area contributed by atoms with E-state index in [1.54, 1.807) is 27.0 Å². The van der Waals surface area contributed by atoms with E-state index in [2.05, 4.69) is 15.8 Å². The van der Waals surface area contributed by atoms with Crippen LogP contribution in [0, 0.1) is 6.92 Å². The van der Waals surface area contributed by atoms with Crippen LogP contribution in [-0.4, -0.2) is 35.1 Å². The second-order valence-corrected chi connectivity index (χ2v) is 7.92. The molecule has 3 aromatic rings. The van der Waals surface area contributed by atoms with Gasteiger partial charge >= 0.3 is 0 Å². The molecule has 3 rings (SSSR count). The molecule has 1 aromatic heterocycles. The summed E-state index contributed by atoms with van der Waals surface area (Å²) in [6.45, 7) is 3.93. The lowest BCUT2D eigenvalue weighted by molar-refractivity contribution is -0.118. The molecule has 0 saturated heterocycles. The predicted octanol–water partition coefficient (Wildman–Crippen LogP) is 3.52. The van der Waals surface area contributed by atoms with Crippen molar-refractivity contribution in [3.05, 3.63) is 53.8 Å². The minimum Gasteiger partial charge on any atom is -0.497 e. The molecule has 0 aliphatic rings. The molecular weight excluding hydrogens is 390 g/mol. The first-order valence-corrected chi connectivity index (χ1v) is 10.2. The van der Waals surface area contributed by atoms with E-state index >= 15 is 0 Å². The number of benzene rings is 2. The van der Waals surface area contributed by atoms with Crippen molar-refractivity contribution >= 4 is 40.2 Å². The zero-order chi connectivity index (χ0) is 20.8. The third-order valence-electron chi connectivity index (χ3n) is 4.31. The Morgan fingerprint density at radius 1 is 1.17 bits per heavy atom. The molecule has 0 aliphatic heterocycles. The van der Waals surface area contributed by atoms with Gasteiger partial charge in [-0.15, -0.1) is 11.8 Å². The maximum absolute atomic E-state index is 12.1. The lowest BCUT2D eigenvalue weighted by atomic mass is 10.1. The van der Waals surface area contributed by atoms with Gasteiger partial charge in [-0.3, -0.25) is 9.59 Å². The summed E-state index contributed by atoms with van der Waals surface area (Å²) in [7, 11) is 1.64. The largest absolute Gasteiger partial charge is 0.497 e. The van der Waals surface area contributed by atoms with Crippen LogP contribution in [0.1, 0.15) is 18.2 Å². The first-order valence-electron chi connectivity index (χ1n) is 9.14. The number of aromatic nitrogens is 1. The van der Waals surface area contributed by atoms with Gasteiger partial charge in [0.2, 0.25) is 11.8 Å². The summed E-state index contributed by atoms with van der Waals surface area (Å²) in [5, 5.41) is 11.0. The Labute approximate surface area is 173 Å². The number of rotatable bonds is 8. The number of thioether (sulfide) groups is 1. The first-order chi connectivity index (χ1) is 13.9. The molecule has 0 saturated carbocycles. The zero-order valence-electron chi connectivity index (χ0n) is 16.5. The normalized spacial score (nSPS) is 11.8. The third-order valence-corrected chi connectivity index (χ3v) is 5.46. The van der Waals surface area contributed by atoms with Crippen molar-refractivity contribution < 1.29 is 18.8 Å². The number of aryl methyl sites for hydroxylation is 1. The molecule has 1 unspecified atom stereocenters. The van der Waals surface area contributed by atoms with E-state index in [1.807, 2.05) is 36.4 Å². The van der Waals surface area contributed by atoms with E-state index in [-0.39, 0.29) is 17.6 Å². The van der Waals surface area contributed by atoms with Gasteiger partial charge in [0.05, 0.1) is 18.1 Å². The summed E-state index contributed by atoms with van der Waals surface area (Å²) in [5.74, 6) is 1.65. The van der Waals surface area contributed by atoms with Crippen LogP contribution in [0.25, 0.3) is 10.8 Å². The minimum absolute atomic E-state index is 0.123. The van der Waals surface area contributed by atoms with E-state index in [0.29, 0.717) is 18.1 Å². The van der Waals surface area contributed by atoms with Crippen LogP contribution in [0.15, 0.2) is 47.0 Å². The van der Waals surface area contributed by atoms with Crippen LogP contribution < -0.4 is 15.4 Å². The fourth-order valence-electron chi connectivity index (χ4n) is 2.69. The number of methoxy groups -OCH3 is 1. The number of hydrogen-bond donors (Lipinski definition) is 2. The number of ether oxygens (including phenoxy) is 1. The summed E-state index contributed by atoms with van der Waals surface area (Å²) in [6, 6.07) is 13.5. The molecule has 0 aliphatic carbocycles. The number of fused-ring (bicyclic) bond motifs is 1. The number of carbonyl (C=O) groups is 2. The molecule has 0 bridgehead atoms. The summed E-state index contributed by atoms with van der Waals surface area (Å²) in [5.41, 5.74) is 1.01. The molecule has 2 amide bonds. The molecule has 2 N–H and O–H groups in total. The van der Waals surface area contributed by atoms with Gasteiger partial charge in [0.25, 0.3) is 0 Å². The third kappa shape index (κ3) is 5.74. The van der Waals surface area contributed by atoms with E-state index in [9.17, 15) is 9.59 Å². The van der Waals surface area contributed by atoms with Crippen molar-refractivity contribution in [1.82, 2.24) is 10.5 Å². The Morgan fingerprint density at radius 2 is 1.93 bits per heavy atom.